The van der Waals surface area contributed by atoms with E-state index in [2.05, 4.69) is 4.90 Å². The molecule has 0 bridgehead atoms. The van der Waals surface area contributed by atoms with E-state index in [0.29, 0.717) is 51.4 Å². The molecule has 0 aromatic carbocycles. The molecule has 3 rings (SSSR count). The van der Waals surface area contributed by atoms with Crippen LogP contribution in [0.4, 0.5) is 0 Å². The van der Waals surface area contributed by atoms with E-state index < -0.39 is 10.0 Å². The third-order valence-corrected chi connectivity index (χ3v) is 6.81. The van der Waals surface area contributed by atoms with Crippen molar-refractivity contribution in [2.45, 2.75) is 12.5 Å². The number of rotatable bonds is 6. The lowest BCUT2D eigenvalue weighted by Crippen LogP contribution is -2.47. The summed E-state index contributed by atoms with van der Waals surface area (Å²) in [5, 5.41) is 3.72. The van der Waals surface area contributed by atoms with E-state index in [1.807, 2.05) is 16.8 Å². The average molecular weight is 388 g/mol. The van der Waals surface area contributed by atoms with E-state index in [1.54, 1.807) is 9.21 Å². The third kappa shape index (κ3) is 4.79. The molecule has 1 aromatic heterocycles. The maximum absolute atomic E-state index is 12.5. The van der Waals surface area contributed by atoms with Crippen LogP contribution in [0.2, 0.25) is 0 Å². The maximum atomic E-state index is 12.5. The summed E-state index contributed by atoms with van der Waals surface area (Å²) in [6.45, 7) is 5.30. The van der Waals surface area contributed by atoms with Gasteiger partial charge in [0.25, 0.3) is 5.91 Å². The molecule has 0 N–H and O–H groups in total. The van der Waals surface area contributed by atoms with Crippen LogP contribution in [0.1, 0.15) is 16.8 Å². The standard InChI is InChI=1S/C16H25N3O4S2/c1-25(21,22)19(6-5-17-7-9-23-10-8-17)15-2-4-18(12-15)16(20)14-3-11-24-13-14/h3,11,13,15H,2,4-10,12H2,1H3. The highest BCUT2D eigenvalue weighted by Crippen LogP contribution is 2.21. The Bertz CT molecular complexity index is 672. The van der Waals surface area contributed by atoms with E-state index in [-0.39, 0.29) is 11.9 Å². The van der Waals surface area contributed by atoms with Gasteiger partial charge in [-0.3, -0.25) is 9.69 Å². The third-order valence-electron chi connectivity index (χ3n) is 4.79. The zero-order valence-corrected chi connectivity index (χ0v) is 16.1. The Hall–Kier alpha value is -1.00. The number of hydrogen-bond donors (Lipinski definition) is 0. The average Bonchev–Trinajstić information content (AvgIpc) is 3.26. The van der Waals surface area contributed by atoms with E-state index in [9.17, 15) is 13.2 Å². The summed E-state index contributed by atoms with van der Waals surface area (Å²) in [5.74, 6) is -0.00891. The van der Waals surface area contributed by atoms with Gasteiger partial charge < -0.3 is 9.64 Å². The zero-order valence-electron chi connectivity index (χ0n) is 14.5. The van der Waals surface area contributed by atoms with Gasteiger partial charge in [0, 0.05) is 50.7 Å². The second kappa shape index (κ2) is 8.13. The van der Waals surface area contributed by atoms with Crippen molar-refractivity contribution in [2.75, 3.05) is 58.7 Å². The summed E-state index contributed by atoms with van der Waals surface area (Å²) in [7, 11) is -3.31. The molecule has 1 atom stereocenters. The highest BCUT2D eigenvalue weighted by Gasteiger charge is 2.35. The first-order chi connectivity index (χ1) is 11.9. The van der Waals surface area contributed by atoms with Crippen molar-refractivity contribution in [2.24, 2.45) is 0 Å². The van der Waals surface area contributed by atoms with Crippen LogP contribution in [0.5, 0.6) is 0 Å². The van der Waals surface area contributed by atoms with Gasteiger partial charge >= 0.3 is 0 Å². The molecule has 25 heavy (non-hydrogen) atoms. The molecule has 2 aliphatic heterocycles. The minimum atomic E-state index is -3.31. The van der Waals surface area contributed by atoms with Gasteiger partial charge in [0.15, 0.2) is 0 Å². The van der Waals surface area contributed by atoms with Crippen LogP contribution in [-0.4, -0.2) is 93.2 Å². The SMILES string of the molecule is CS(=O)(=O)N(CCN1CCOCC1)C1CCN(C(=O)c2ccsc2)C1. The van der Waals surface area contributed by atoms with Crippen LogP contribution in [0.15, 0.2) is 16.8 Å². The first kappa shape index (κ1) is 18.8. The second-order valence-electron chi connectivity index (χ2n) is 6.53. The quantitative estimate of drug-likeness (QED) is 0.713. The molecule has 7 nitrogen and oxygen atoms in total. The zero-order chi connectivity index (χ0) is 17.9. The number of hydrogen-bond acceptors (Lipinski definition) is 6. The van der Waals surface area contributed by atoms with Crippen molar-refractivity contribution in [1.29, 1.82) is 0 Å². The molecule has 2 saturated heterocycles. The highest BCUT2D eigenvalue weighted by atomic mass is 32.2. The minimum absolute atomic E-state index is 0.00891. The van der Waals surface area contributed by atoms with Crippen molar-refractivity contribution in [1.82, 2.24) is 14.1 Å². The molecule has 9 heteroatoms. The fraction of sp³-hybridized carbons (Fsp3) is 0.688. The molecule has 0 aliphatic carbocycles. The van der Waals surface area contributed by atoms with Crippen molar-refractivity contribution >= 4 is 27.3 Å². The molecule has 0 radical (unpaired) electrons. The van der Waals surface area contributed by atoms with Gasteiger partial charge in [0.2, 0.25) is 10.0 Å². The van der Waals surface area contributed by atoms with Crippen molar-refractivity contribution in [3.63, 3.8) is 0 Å². The lowest BCUT2D eigenvalue weighted by Gasteiger charge is -2.31. The molecule has 0 spiro atoms. The molecule has 1 aromatic rings. The largest absolute Gasteiger partial charge is 0.379 e. The van der Waals surface area contributed by atoms with Crippen LogP contribution in [0.3, 0.4) is 0 Å². The van der Waals surface area contributed by atoms with E-state index in [4.69, 9.17) is 4.74 Å². The van der Waals surface area contributed by atoms with E-state index in [1.165, 1.54) is 17.6 Å². The molecule has 1 amide bonds. The maximum Gasteiger partial charge on any atom is 0.254 e. The van der Waals surface area contributed by atoms with Gasteiger partial charge in [-0.2, -0.15) is 15.6 Å². The normalized spacial score (nSPS) is 22.6. The number of morpholine rings is 1. The first-order valence-electron chi connectivity index (χ1n) is 8.53. The molecule has 2 aliphatic rings. The Morgan fingerprint density at radius 1 is 1.36 bits per heavy atom. The van der Waals surface area contributed by atoms with Crippen molar-refractivity contribution in [3.05, 3.63) is 22.4 Å². The van der Waals surface area contributed by atoms with Crippen molar-refractivity contribution in [3.8, 4) is 0 Å². The number of thiophene rings is 1. The number of likely N-dealkylation sites (tertiary alicyclic amines) is 1. The predicted octanol–water partition coefficient (Wildman–Crippen LogP) is 0.556. The first-order valence-corrected chi connectivity index (χ1v) is 11.3. The van der Waals surface area contributed by atoms with E-state index in [0.717, 1.165) is 13.1 Å². The molecule has 0 saturated carbocycles. The predicted molar refractivity (Wildman–Crippen MR) is 97.4 cm³/mol. The van der Waals surface area contributed by atoms with Crippen LogP contribution in [-0.2, 0) is 14.8 Å². The van der Waals surface area contributed by atoms with Gasteiger partial charge in [-0.15, -0.1) is 0 Å². The van der Waals surface area contributed by atoms with Gasteiger partial charge in [0.1, 0.15) is 0 Å². The summed E-state index contributed by atoms with van der Waals surface area (Å²) >= 11 is 1.49. The Kier molecular flexibility index (Phi) is 6.11. The number of sulfonamides is 1. The Labute approximate surface area is 153 Å². The molecule has 2 fully saturated rings. The smallest absolute Gasteiger partial charge is 0.254 e. The molecule has 140 valence electrons. The number of amides is 1. The molecule has 1 unspecified atom stereocenters. The number of carbonyl (C=O) groups is 1. The monoisotopic (exact) mass is 387 g/mol. The lowest BCUT2D eigenvalue weighted by molar-refractivity contribution is 0.0353. The fourth-order valence-electron chi connectivity index (χ4n) is 3.41. The number of nitrogens with zero attached hydrogens (tertiary/aromatic N) is 3. The molecule has 3 heterocycles. The van der Waals surface area contributed by atoms with Gasteiger partial charge in [0.05, 0.1) is 25.0 Å². The van der Waals surface area contributed by atoms with Gasteiger partial charge in [-0.25, -0.2) is 8.42 Å². The minimum Gasteiger partial charge on any atom is -0.379 e. The van der Waals surface area contributed by atoms with Crippen LogP contribution >= 0.6 is 11.3 Å². The number of carbonyl (C=O) groups excluding carboxylic acids is 1. The highest BCUT2D eigenvalue weighted by molar-refractivity contribution is 7.88. The summed E-state index contributed by atoms with van der Waals surface area (Å²) < 4.78 is 31.5. The number of ether oxygens (including phenoxy) is 1. The fourth-order valence-corrected chi connectivity index (χ4v) is 5.17. The summed E-state index contributed by atoms with van der Waals surface area (Å²) in [6.07, 6.45) is 1.95. The molecular formula is C16H25N3O4S2. The Balaban J connectivity index is 1.61. The van der Waals surface area contributed by atoms with Gasteiger partial charge in [-0.1, -0.05) is 0 Å². The van der Waals surface area contributed by atoms with Crippen molar-refractivity contribution < 1.29 is 17.9 Å². The Morgan fingerprint density at radius 3 is 2.76 bits per heavy atom. The van der Waals surface area contributed by atoms with Crippen LogP contribution < -0.4 is 0 Å². The van der Waals surface area contributed by atoms with E-state index >= 15 is 0 Å². The van der Waals surface area contributed by atoms with Crippen LogP contribution in [0, 0.1) is 0 Å². The lowest BCUT2D eigenvalue weighted by atomic mass is 10.2. The Morgan fingerprint density at radius 2 is 2.12 bits per heavy atom. The van der Waals surface area contributed by atoms with Crippen LogP contribution in [0.25, 0.3) is 0 Å². The summed E-state index contributed by atoms with van der Waals surface area (Å²) in [4.78, 5) is 16.5. The molecular weight excluding hydrogens is 362 g/mol. The van der Waals surface area contributed by atoms with Gasteiger partial charge in [-0.05, 0) is 17.9 Å². The topological polar surface area (TPSA) is 70.2 Å². The summed E-state index contributed by atoms with van der Waals surface area (Å²) in [5.41, 5.74) is 0.685. The second-order valence-corrected chi connectivity index (χ2v) is 9.25. The summed E-state index contributed by atoms with van der Waals surface area (Å²) in [6, 6.07) is 1.67.